The summed E-state index contributed by atoms with van der Waals surface area (Å²) in [5, 5.41) is 9.51. The Labute approximate surface area is 115 Å². The van der Waals surface area contributed by atoms with Gasteiger partial charge in [-0.05, 0) is 18.6 Å². The third kappa shape index (κ3) is 2.66. The van der Waals surface area contributed by atoms with Gasteiger partial charge in [-0.3, -0.25) is 4.98 Å². The summed E-state index contributed by atoms with van der Waals surface area (Å²) in [4.78, 5) is 7.04. The second kappa shape index (κ2) is 5.10. The van der Waals surface area contributed by atoms with Gasteiger partial charge >= 0.3 is 6.18 Å². The Morgan fingerprint density at radius 3 is 2.35 bits per heavy atom. The predicted molar refractivity (Wildman–Crippen MR) is 64.6 cm³/mol. The molecule has 1 N–H and O–H groups in total. The molecule has 0 fully saturated rings. The van der Waals surface area contributed by atoms with Gasteiger partial charge in [-0.2, -0.15) is 13.2 Å². The van der Waals surface area contributed by atoms with Crippen LogP contribution in [0.5, 0.6) is 0 Å². The molecule has 0 aliphatic heterocycles. The molecule has 0 aromatic carbocycles. The molecule has 20 heavy (non-hydrogen) atoms. The molecule has 0 saturated carbocycles. The molecule has 108 valence electrons. The van der Waals surface area contributed by atoms with Crippen molar-refractivity contribution in [3.05, 3.63) is 45.9 Å². The van der Waals surface area contributed by atoms with E-state index < -0.39 is 22.6 Å². The van der Waals surface area contributed by atoms with E-state index in [4.69, 9.17) is 0 Å². The first kappa shape index (κ1) is 14.9. The lowest BCUT2D eigenvalue weighted by Crippen LogP contribution is -2.26. The van der Waals surface area contributed by atoms with Crippen LogP contribution in [-0.2, 0) is 11.8 Å². The molecule has 3 nitrogen and oxygen atoms in total. The van der Waals surface area contributed by atoms with E-state index in [1.807, 2.05) is 0 Å². The quantitative estimate of drug-likeness (QED) is 0.885. The maximum Gasteiger partial charge on any atom is 0.443 e. The number of hydrogen-bond donors (Lipinski definition) is 1. The molecule has 2 aromatic heterocycles. The van der Waals surface area contributed by atoms with E-state index in [1.165, 1.54) is 6.07 Å². The van der Waals surface area contributed by atoms with Gasteiger partial charge in [0, 0.05) is 6.20 Å². The van der Waals surface area contributed by atoms with Gasteiger partial charge in [-0.25, -0.2) is 9.37 Å². The zero-order chi connectivity index (χ0) is 15.0. The SMILES string of the molecule is CCC(O)(c1ccc(F)cn1)c1cnc(C(F)(F)F)s1. The number of pyridine rings is 1. The minimum absolute atomic E-state index is 0.0198. The van der Waals surface area contributed by atoms with Crippen molar-refractivity contribution in [3.63, 3.8) is 0 Å². The fourth-order valence-corrected chi connectivity index (χ4v) is 2.65. The molecule has 8 heteroatoms. The topological polar surface area (TPSA) is 46.0 Å². The standard InChI is InChI=1S/C12H10F4N2OS/c1-2-11(19,8-4-3-7(13)5-17-8)9-6-18-10(20-9)12(14,15)16/h3-6,19H,2H2,1H3. The van der Waals surface area contributed by atoms with Crippen LogP contribution in [0.15, 0.2) is 24.5 Å². The first-order valence-corrected chi connectivity index (χ1v) is 6.47. The molecule has 0 aliphatic carbocycles. The molecule has 0 radical (unpaired) electrons. The first-order chi connectivity index (χ1) is 9.27. The van der Waals surface area contributed by atoms with E-state index in [-0.39, 0.29) is 17.0 Å². The highest BCUT2D eigenvalue weighted by Crippen LogP contribution is 2.39. The third-order valence-corrected chi connectivity index (χ3v) is 4.01. The second-order valence-electron chi connectivity index (χ2n) is 4.10. The number of rotatable bonds is 3. The van der Waals surface area contributed by atoms with Crippen molar-refractivity contribution >= 4 is 11.3 Å². The minimum atomic E-state index is -4.56. The van der Waals surface area contributed by atoms with Crippen LogP contribution < -0.4 is 0 Å². The van der Waals surface area contributed by atoms with Gasteiger partial charge in [0.25, 0.3) is 0 Å². The molecule has 2 heterocycles. The molecule has 0 saturated heterocycles. The Bertz CT molecular complexity index is 596. The highest BCUT2D eigenvalue weighted by Gasteiger charge is 2.39. The monoisotopic (exact) mass is 306 g/mol. The van der Waals surface area contributed by atoms with E-state index in [0.717, 1.165) is 18.5 Å². The van der Waals surface area contributed by atoms with Crippen LogP contribution in [0.2, 0.25) is 0 Å². The van der Waals surface area contributed by atoms with Crippen molar-refractivity contribution in [2.45, 2.75) is 25.1 Å². The number of hydrogen-bond acceptors (Lipinski definition) is 4. The largest absolute Gasteiger partial charge is 0.443 e. The summed E-state index contributed by atoms with van der Waals surface area (Å²) in [7, 11) is 0. The summed E-state index contributed by atoms with van der Waals surface area (Å²) in [6, 6.07) is 2.33. The number of halogens is 4. The Balaban J connectivity index is 2.45. The van der Waals surface area contributed by atoms with Crippen molar-refractivity contribution in [1.29, 1.82) is 0 Å². The van der Waals surface area contributed by atoms with Gasteiger partial charge in [-0.15, -0.1) is 11.3 Å². The normalized spacial score (nSPS) is 15.1. The molecule has 2 aromatic rings. The van der Waals surface area contributed by atoms with Gasteiger partial charge < -0.3 is 5.11 Å². The highest BCUT2D eigenvalue weighted by molar-refractivity contribution is 7.11. The molecule has 0 spiro atoms. The summed E-state index contributed by atoms with van der Waals surface area (Å²) in [5.41, 5.74) is -1.63. The Kier molecular flexibility index (Phi) is 3.79. The molecule has 1 atom stereocenters. The van der Waals surface area contributed by atoms with Crippen LogP contribution in [0.3, 0.4) is 0 Å². The van der Waals surface area contributed by atoms with Crippen LogP contribution in [0.4, 0.5) is 17.6 Å². The lowest BCUT2D eigenvalue weighted by molar-refractivity contribution is -0.137. The Morgan fingerprint density at radius 1 is 1.20 bits per heavy atom. The van der Waals surface area contributed by atoms with Crippen molar-refractivity contribution in [1.82, 2.24) is 9.97 Å². The van der Waals surface area contributed by atoms with Gasteiger partial charge in [0.1, 0.15) is 11.4 Å². The van der Waals surface area contributed by atoms with Crippen molar-refractivity contribution < 1.29 is 22.7 Å². The third-order valence-electron chi connectivity index (χ3n) is 2.82. The molecular weight excluding hydrogens is 296 g/mol. The van der Waals surface area contributed by atoms with Crippen LogP contribution in [0, 0.1) is 5.82 Å². The second-order valence-corrected chi connectivity index (χ2v) is 5.13. The summed E-state index contributed by atoms with van der Waals surface area (Å²) < 4.78 is 50.5. The zero-order valence-corrected chi connectivity index (χ0v) is 11.1. The fourth-order valence-electron chi connectivity index (χ4n) is 1.70. The average Bonchev–Trinajstić information content (AvgIpc) is 2.88. The number of thiazole rings is 1. The Hall–Kier alpha value is -1.54. The molecule has 1 unspecified atom stereocenters. The summed E-state index contributed by atoms with van der Waals surface area (Å²) in [6.07, 6.45) is -2.59. The summed E-state index contributed by atoms with van der Waals surface area (Å²) in [6.45, 7) is 1.60. The Morgan fingerprint density at radius 2 is 1.90 bits per heavy atom. The van der Waals surface area contributed by atoms with Gasteiger partial charge in [0.05, 0.1) is 16.8 Å². The predicted octanol–water partition coefficient (Wildman–Crippen LogP) is 3.34. The molecule has 0 bridgehead atoms. The number of nitrogens with zero attached hydrogens (tertiary/aromatic N) is 2. The van der Waals surface area contributed by atoms with Crippen molar-refractivity contribution in [3.8, 4) is 0 Å². The number of aromatic nitrogens is 2. The first-order valence-electron chi connectivity index (χ1n) is 5.65. The van der Waals surface area contributed by atoms with E-state index in [9.17, 15) is 22.7 Å². The highest BCUT2D eigenvalue weighted by atomic mass is 32.1. The van der Waals surface area contributed by atoms with Crippen LogP contribution in [0.25, 0.3) is 0 Å². The lowest BCUT2D eigenvalue weighted by Gasteiger charge is -2.24. The van der Waals surface area contributed by atoms with Gasteiger partial charge in [0.15, 0.2) is 5.01 Å². The lowest BCUT2D eigenvalue weighted by atomic mass is 9.94. The molecule has 2 rings (SSSR count). The van der Waals surface area contributed by atoms with E-state index in [2.05, 4.69) is 9.97 Å². The zero-order valence-electron chi connectivity index (χ0n) is 10.3. The van der Waals surface area contributed by atoms with Gasteiger partial charge in [-0.1, -0.05) is 6.92 Å². The van der Waals surface area contributed by atoms with Crippen LogP contribution in [-0.4, -0.2) is 15.1 Å². The van der Waals surface area contributed by atoms with Crippen molar-refractivity contribution in [2.24, 2.45) is 0 Å². The van der Waals surface area contributed by atoms with Gasteiger partial charge in [0.2, 0.25) is 0 Å². The smallest absolute Gasteiger partial charge is 0.378 e. The fraction of sp³-hybridized carbons (Fsp3) is 0.333. The average molecular weight is 306 g/mol. The molecule has 0 amide bonds. The maximum absolute atomic E-state index is 12.8. The molecular formula is C12H10F4N2OS. The van der Waals surface area contributed by atoms with Crippen LogP contribution >= 0.6 is 11.3 Å². The van der Waals surface area contributed by atoms with Crippen molar-refractivity contribution in [2.75, 3.05) is 0 Å². The minimum Gasteiger partial charge on any atom is -0.378 e. The van der Waals surface area contributed by atoms with Crippen LogP contribution in [0.1, 0.15) is 28.9 Å². The summed E-state index contributed by atoms with van der Waals surface area (Å²) in [5.74, 6) is -0.590. The number of alkyl halides is 3. The van der Waals surface area contributed by atoms with E-state index in [0.29, 0.717) is 11.3 Å². The van der Waals surface area contributed by atoms with E-state index >= 15 is 0 Å². The number of aliphatic hydroxyl groups is 1. The van der Waals surface area contributed by atoms with E-state index in [1.54, 1.807) is 6.92 Å². The summed E-state index contributed by atoms with van der Waals surface area (Å²) >= 11 is 0.351. The molecule has 0 aliphatic rings. The maximum atomic E-state index is 12.8.